The fourth-order valence-electron chi connectivity index (χ4n) is 3.35. The molecule has 1 heterocycles. The van der Waals surface area contributed by atoms with Crippen LogP contribution in [-0.2, 0) is 20.9 Å². The molecule has 9 heteroatoms. The maximum Gasteiger partial charge on any atom is 0.328 e. The molecule has 1 aliphatic rings. The second-order valence-electron chi connectivity index (χ2n) is 6.94. The second-order valence-corrected chi connectivity index (χ2v) is 6.94. The Labute approximate surface area is 152 Å². The number of aromatic nitrogens is 2. The van der Waals surface area contributed by atoms with Crippen LogP contribution in [0, 0.1) is 29.9 Å². The van der Waals surface area contributed by atoms with Crippen molar-refractivity contribution in [1.82, 2.24) is 15.1 Å². The molecule has 1 aromatic heterocycles. The van der Waals surface area contributed by atoms with E-state index in [9.17, 15) is 19.7 Å². The maximum absolute atomic E-state index is 12.3. The number of carbonyl (C=O) groups is 2. The lowest BCUT2D eigenvalue weighted by molar-refractivity contribution is -0.386. The van der Waals surface area contributed by atoms with Gasteiger partial charge in [0.05, 0.1) is 4.92 Å². The third-order valence-electron chi connectivity index (χ3n) is 4.92. The summed E-state index contributed by atoms with van der Waals surface area (Å²) in [6, 6.07) is 0.107. The van der Waals surface area contributed by atoms with Crippen LogP contribution in [0.5, 0.6) is 0 Å². The molecule has 3 atom stereocenters. The molecular weight excluding hydrogens is 340 g/mol. The molecule has 0 spiro atoms. The number of nitro groups is 1. The standard InChI is InChI=1S/C17H26N4O5/c1-10-7-5-6-8-14(10)18-17(23)13(4)26-15(22)9-20-12(3)16(21(24)25)11(2)19-20/h10,13-14H,5-9H2,1-4H3,(H,18,23)/t10-,13+,14-/m0/s1. The van der Waals surface area contributed by atoms with Crippen LogP contribution >= 0.6 is 0 Å². The number of carbonyl (C=O) groups excluding carboxylic acids is 2. The molecule has 1 saturated carbocycles. The Morgan fingerprint density at radius 1 is 1.38 bits per heavy atom. The zero-order valence-electron chi connectivity index (χ0n) is 15.7. The highest BCUT2D eigenvalue weighted by atomic mass is 16.6. The van der Waals surface area contributed by atoms with Gasteiger partial charge in [0.2, 0.25) is 0 Å². The molecule has 0 radical (unpaired) electrons. The van der Waals surface area contributed by atoms with Gasteiger partial charge in [-0.25, -0.2) is 0 Å². The lowest BCUT2D eigenvalue weighted by atomic mass is 9.86. The Bertz CT molecular complexity index is 700. The molecule has 144 valence electrons. The Morgan fingerprint density at radius 3 is 2.62 bits per heavy atom. The third-order valence-corrected chi connectivity index (χ3v) is 4.92. The molecule has 1 aromatic rings. The van der Waals surface area contributed by atoms with Gasteiger partial charge in [-0.15, -0.1) is 0 Å². The van der Waals surface area contributed by atoms with Crippen molar-refractivity contribution in [3.63, 3.8) is 0 Å². The molecule has 9 nitrogen and oxygen atoms in total. The van der Waals surface area contributed by atoms with Crippen LogP contribution in [0.1, 0.15) is 50.9 Å². The predicted octanol–water partition coefficient (Wildman–Crippen LogP) is 2.03. The van der Waals surface area contributed by atoms with E-state index >= 15 is 0 Å². The fraction of sp³-hybridized carbons (Fsp3) is 0.706. The van der Waals surface area contributed by atoms with E-state index in [1.807, 2.05) is 0 Å². The van der Waals surface area contributed by atoms with E-state index in [1.165, 1.54) is 31.9 Å². The van der Waals surface area contributed by atoms with Gasteiger partial charge in [-0.3, -0.25) is 24.4 Å². The summed E-state index contributed by atoms with van der Waals surface area (Å²) < 4.78 is 6.40. The molecule has 1 fully saturated rings. The van der Waals surface area contributed by atoms with Gasteiger partial charge < -0.3 is 10.1 Å². The summed E-state index contributed by atoms with van der Waals surface area (Å²) in [6.07, 6.45) is 3.34. The molecule has 0 saturated heterocycles. The van der Waals surface area contributed by atoms with Crippen LogP contribution < -0.4 is 5.32 Å². The van der Waals surface area contributed by atoms with Crippen molar-refractivity contribution in [2.24, 2.45) is 5.92 Å². The molecule has 0 unspecified atom stereocenters. The first-order chi connectivity index (χ1) is 12.2. The van der Waals surface area contributed by atoms with Crippen LogP contribution in [0.4, 0.5) is 5.69 Å². The zero-order valence-corrected chi connectivity index (χ0v) is 15.7. The molecule has 0 aliphatic heterocycles. The molecule has 0 bridgehead atoms. The van der Waals surface area contributed by atoms with Crippen molar-refractivity contribution in [3.8, 4) is 0 Å². The van der Waals surface area contributed by atoms with Crippen molar-refractivity contribution >= 4 is 17.6 Å². The Balaban J connectivity index is 1.91. The SMILES string of the molecule is Cc1nn(CC(=O)O[C@H](C)C(=O)N[C@H]2CCCC[C@@H]2C)c(C)c1[N+](=O)[O-]. The molecule has 26 heavy (non-hydrogen) atoms. The van der Waals surface area contributed by atoms with Crippen LogP contribution in [0.3, 0.4) is 0 Å². The Hall–Kier alpha value is -2.45. The van der Waals surface area contributed by atoms with Crippen molar-refractivity contribution in [2.75, 3.05) is 0 Å². The topological polar surface area (TPSA) is 116 Å². The number of nitrogens with zero attached hydrogens (tertiary/aromatic N) is 3. The number of hydrogen-bond acceptors (Lipinski definition) is 6. The summed E-state index contributed by atoms with van der Waals surface area (Å²) >= 11 is 0. The summed E-state index contributed by atoms with van der Waals surface area (Å²) in [5.41, 5.74) is 0.393. The van der Waals surface area contributed by atoms with Gasteiger partial charge in [-0.2, -0.15) is 5.10 Å². The number of esters is 1. The highest BCUT2D eigenvalue weighted by Crippen LogP contribution is 2.24. The van der Waals surface area contributed by atoms with E-state index in [0.717, 1.165) is 19.3 Å². The van der Waals surface area contributed by atoms with Gasteiger partial charge in [0.25, 0.3) is 5.91 Å². The van der Waals surface area contributed by atoms with E-state index in [4.69, 9.17) is 4.74 Å². The number of hydrogen-bond donors (Lipinski definition) is 1. The largest absolute Gasteiger partial charge is 0.451 e. The van der Waals surface area contributed by atoms with Crippen LogP contribution in [-0.4, -0.2) is 38.7 Å². The van der Waals surface area contributed by atoms with E-state index in [0.29, 0.717) is 5.92 Å². The molecule has 1 N–H and O–H groups in total. The van der Waals surface area contributed by atoms with Crippen molar-refractivity contribution in [1.29, 1.82) is 0 Å². The maximum atomic E-state index is 12.3. The molecule has 1 aliphatic carbocycles. The van der Waals surface area contributed by atoms with Gasteiger partial charge in [-0.1, -0.05) is 19.8 Å². The highest BCUT2D eigenvalue weighted by Gasteiger charge is 2.27. The quantitative estimate of drug-likeness (QED) is 0.468. The summed E-state index contributed by atoms with van der Waals surface area (Å²) in [5, 5.41) is 18.0. The van der Waals surface area contributed by atoms with E-state index < -0.39 is 17.0 Å². The lowest BCUT2D eigenvalue weighted by Gasteiger charge is -2.30. The third kappa shape index (κ3) is 4.59. The fourth-order valence-corrected chi connectivity index (χ4v) is 3.35. The number of rotatable bonds is 6. The monoisotopic (exact) mass is 366 g/mol. The number of ether oxygens (including phenoxy) is 1. The van der Waals surface area contributed by atoms with E-state index in [1.54, 1.807) is 0 Å². The van der Waals surface area contributed by atoms with E-state index in [-0.39, 0.29) is 35.6 Å². The van der Waals surface area contributed by atoms with Crippen molar-refractivity contribution < 1.29 is 19.2 Å². The first-order valence-electron chi connectivity index (χ1n) is 8.89. The number of nitrogens with one attached hydrogen (secondary N) is 1. The number of aryl methyl sites for hydroxylation is 1. The zero-order chi connectivity index (χ0) is 19.4. The average Bonchev–Trinajstić information content (AvgIpc) is 2.83. The Kier molecular flexibility index (Phi) is 6.33. The smallest absolute Gasteiger partial charge is 0.328 e. The summed E-state index contributed by atoms with van der Waals surface area (Å²) in [4.78, 5) is 34.8. The normalized spacial score (nSPS) is 21.1. The minimum absolute atomic E-state index is 0.107. The van der Waals surface area contributed by atoms with E-state index in [2.05, 4.69) is 17.3 Å². The minimum atomic E-state index is -0.927. The second kappa shape index (κ2) is 8.29. The number of amides is 1. The van der Waals surface area contributed by atoms with Gasteiger partial charge in [0.15, 0.2) is 6.10 Å². The van der Waals surface area contributed by atoms with Gasteiger partial charge in [-0.05, 0) is 39.5 Å². The first kappa shape index (κ1) is 19.9. The summed E-state index contributed by atoms with van der Waals surface area (Å²) in [7, 11) is 0. The van der Waals surface area contributed by atoms with Gasteiger partial charge in [0.1, 0.15) is 17.9 Å². The van der Waals surface area contributed by atoms with Crippen LogP contribution in [0.2, 0.25) is 0 Å². The average molecular weight is 366 g/mol. The minimum Gasteiger partial charge on any atom is -0.451 e. The molecule has 0 aromatic carbocycles. The van der Waals surface area contributed by atoms with Gasteiger partial charge in [0, 0.05) is 6.04 Å². The summed E-state index contributed by atoms with van der Waals surface area (Å²) in [5.74, 6) is -0.577. The summed E-state index contributed by atoms with van der Waals surface area (Å²) in [6.45, 7) is 6.37. The van der Waals surface area contributed by atoms with Crippen molar-refractivity contribution in [3.05, 3.63) is 21.5 Å². The van der Waals surface area contributed by atoms with Gasteiger partial charge >= 0.3 is 11.7 Å². The molecule has 2 rings (SSSR count). The highest BCUT2D eigenvalue weighted by molar-refractivity contribution is 5.83. The first-order valence-corrected chi connectivity index (χ1v) is 8.89. The molecular formula is C17H26N4O5. The van der Waals surface area contributed by atoms with Crippen LogP contribution in [0.25, 0.3) is 0 Å². The molecule has 1 amide bonds. The van der Waals surface area contributed by atoms with Crippen LogP contribution in [0.15, 0.2) is 0 Å². The predicted molar refractivity (Wildman–Crippen MR) is 93.5 cm³/mol. The lowest BCUT2D eigenvalue weighted by Crippen LogP contribution is -2.46. The van der Waals surface area contributed by atoms with Crippen molar-refractivity contribution in [2.45, 2.75) is 72.1 Å². The Morgan fingerprint density at radius 2 is 2.04 bits per heavy atom.